The molecule has 0 fully saturated rings. The van der Waals surface area contributed by atoms with E-state index < -0.39 is 0 Å². The van der Waals surface area contributed by atoms with Gasteiger partial charge >= 0.3 is 5.97 Å². The molecular weight excluding hydrogens is 232 g/mol. The highest BCUT2D eigenvalue weighted by Gasteiger charge is 2.20. The van der Waals surface area contributed by atoms with E-state index in [4.69, 9.17) is 9.47 Å². The zero-order chi connectivity index (χ0) is 12.0. The highest BCUT2D eigenvalue weighted by molar-refractivity contribution is 8.00. The summed E-state index contributed by atoms with van der Waals surface area (Å²) in [5.41, 5.74) is -0.378. The van der Waals surface area contributed by atoms with Crippen LogP contribution in [0.15, 0.2) is 12.0 Å². The molecular formula is C9H14N2O4S. The number of carbonyl (C=O) groups excluding carboxylic acids is 2. The van der Waals surface area contributed by atoms with Crippen LogP contribution in [0.2, 0.25) is 0 Å². The van der Waals surface area contributed by atoms with Crippen LogP contribution in [-0.4, -0.2) is 36.8 Å². The summed E-state index contributed by atoms with van der Waals surface area (Å²) >= 11 is 1.23. The van der Waals surface area contributed by atoms with Crippen molar-refractivity contribution < 1.29 is 19.1 Å². The Kier molecular flexibility index (Phi) is 4.97. The zero-order valence-electron chi connectivity index (χ0n) is 9.11. The van der Waals surface area contributed by atoms with Crippen LogP contribution in [0.5, 0.6) is 0 Å². The van der Waals surface area contributed by atoms with Crippen LogP contribution in [0.25, 0.3) is 0 Å². The van der Waals surface area contributed by atoms with E-state index in [1.165, 1.54) is 24.9 Å². The van der Waals surface area contributed by atoms with Gasteiger partial charge in [0.2, 0.25) is 0 Å². The number of hydrogen-bond acceptors (Lipinski definition) is 6. The number of thioether (sulfide) groups is 1. The van der Waals surface area contributed by atoms with Crippen LogP contribution in [0, 0.1) is 0 Å². The van der Waals surface area contributed by atoms with Crippen LogP contribution in [-0.2, 0) is 19.1 Å². The lowest BCUT2D eigenvalue weighted by Gasteiger charge is -2.24. The summed E-state index contributed by atoms with van der Waals surface area (Å²) in [6.45, 7) is 2.10. The number of methoxy groups -OCH3 is 1. The van der Waals surface area contributed by atoms with E-state index in [9.17, 15) is 9.59 Å². The molecule has 1 heterocycles. The summed E-state index contributed by atoms with van der Waals surface area (Å²) in [5, 5.41) is 5.52. The number of carbonyl (C=O) groups is 2. The molecule has 0 radical (unpaired) electrons. The normalized spacial score (nSPS) is 19.2. The van der Waals surface area contributed by atoms with Crippen molar-refractivity contribution in [2.75, 3.05) is 19.5 Å². The first kappa shape index (κ1) is 12.7. The van der Waals surface area contributed by atoms with Crippen molar-refractivity contribution in [3.05, 3.63) is 12.0 Å². The average Bonchev–Trinajstić information content (AvgIpc) is 2.26. The molecule has 0 spiro atoms. The fraction of sp³-hybridized carbons (Fsp3) is 0.556. The molecule has 1 aliphatic rings. The van der Waals surface area contributed by atoms with E-state index in [-0.39, 0.29) is 23.1 Å². The first-order valence-electron chi connectivity index (χ1n) is 4.75. The molecule has 90 valence electrons. The van der Waals surface area contributed by atoms with Crippen LogP contribution in [0.4, 0.5) is 0 Å². The van der Waals surface area contributed by atoms with Crippen molar-refractivity contribution in [1.29, 1.82) is 0 Å². The molecule has 1 amide bonds. The first-order chi connectivity index (χ1) is 7.65. The van der Waals surface area contributed by atoms with E-state index in [1.807, 2.05) is 0 Å². The van der Waals surface area contributed by atoms with Crippen molar-refractivity contribution >= 4 is 23.6 Å². The lowest BCUT2D eigenvalue weighted by atomic mass is 10.5. The fourth-order valence-electron chi connectivity index (χ4n) is 1.05. The van der Waals surface area contributed by atoms with Crippen molar-refractivity contribution in [1.82, 2.24) is 10.6 Å². The van der Waals surface area contributed by atoms with E-state index in [2.05, 4.69) is 10.6 Å². The topological polar surface area (TPSA) is 76.7 Å². The molecule has 7 heteroatoms. The van der Waals surface area contributed by atoms with Gasteiger partial charge < -0.3 is 20.1 Å². The molecule has 0 aromatic rings. The Hall–Kier alpha value is -1.37. The quantitative estimate of drug-likeness (QED) is 0.653. The molecule has 1 atom stereocenters. The summed E-state index contributed by atoms with van der Waals surface area (Å²) in [6, 6.07) is 0. The Bertz CT molecular complexity index is 306. The molecule has 6 nitrogen and oxygen atoms in total. The monoisotopic (exact) mass is 246 g/mol. The van der Waals surface area contributed by atoms with Gasteiger partial charge in [-0.2, -0.15) is 0 Å². The Morgan fingerprint density at radius 2 is 2.31 bits per heavy atom. The highest BCUT2D eigenvalue weighted by Crippen LogP contribution is 2.11. The van der Waals surface area contributed by atoms with Gasteiger partial charge in [0.25, 0.3) is 5.91 Å². The van der Waals surface area contributed by atoms with Crippen molar-refractivity contribution in [3.63, 3.8) is 0 Å². The smallest absolute Gasteiger partial charge is 0.316 e. The third kappa shape index (κ3) is 4.01. The second kappa shape index (κ2) is 6.26. The number of ether oxygens (including phenoxy) is 2. The summed E-state index contributed by atoms with van der Waals surface area (Å²) in [7, 11) is 1.46. The minimum Gasteiger partial charge on any atom is -0.482 e. The molecule has 0 bridgehead atoms. The Morgan fingerprint density at radius 3 is 2.94 bits per heavy atom. The lowest BCUT2D eigenvalue weighted by molar-refractivity contribution is -0.139. The van der Waals surface area contributed by atoms with E-state index in [0.717, 1.165) is 0 Å². The first-order valence-corrected chi connectivity index (χ1v) is 5.80. The van der Waals surface area contributed by atoms with E-state index in [0.29, 0.717) is 12.5 Å². The minimum absolute atomic E-state index is 0.169. The third-order valence-corrected chi connectivity index (χ3v) is 2.67. The van der Waals surface area contributed by atoms with Gasteiger partial charge in [0.05, 0.1) is 25.5 Å². The standard InChI is InChI=1S/C9H14N2O4S/c1-3-15-8(13)5-16-9-10-6(12)4-7(11-9)14-2/h4,9,11H,3,5H2,1-2H3,(H,10,12). The number of nitrogens with one attached hydrogen (secondary N) is 2. The lowest BCUT2D eigenvalue weighted by Crippen LogP contribution is -2.47. The molecule has 1 rings (SSSR count). The molecule has 0 saturated carbocycles. The zero-order valence-corrected chi connectivity index (χ0v) is 9.93. The summed E-state index contributed by atoms with van der Waals surface area (Å²) in [5.74, 6) is -0.0119. The largest absolute Gasteiger partial charge is 0.482 e. The number of esters is 1. The molecule has 0 saturated heterocycles. The van der Waals surface area contributed by atoms with Gasteiger partial charge in [0.1, 0.15) is 0 Å². The molecule has 1 aliphatic heterocycles. The summed E-state index contributed by atoms with van der Waals surface area (Å²) in [6.07, 6.45) is 1.31. The van der Waals surface area contributed by atoms with Gasteiger partial charge in [-0.05, 0) is 6.92 Å². The maximum atomic E-state index is 11.2. The molecule has 0 aromatic carbocycles. The van der Waals surface area contributed by atoms with Gasteiger partial charge in [-0.25, -0.2) is 0 Å². The highest BCUT2D eigenvalue weighted by atomic mass is 32.2. The van der Waals surface area contributed by atoms with Gasteiger partial charge in [-0.1, -0.05) is 0 Å². The molecule has 16 heavy (non-hydrogen) atoms. The summed E-state index contributed by atoms with van der Waals surface area (Å²) < 4.78 is 9.67. The van der Waals surface area contributed by atoms with Gasteiger partial charge in [0, 0.05) is 0 Å². The van der Waals surface area contributed by atoms with E-state index in [1.54, 1.807) is 6.92 Å². The number of amides is 1. The third-order valence-electron chi connectivity index (χ3n) is 1.70. The van der Waals surface area contributed by atoms with Crippen LogP contribution < -0.4 is 10.6 Å². The van der Waals surface area contributed by atoms with Crippen LogP contribution >= 0.6 is 11.8 Å². The van der Waals surface area contributed by atoms with Gasteiger partial charge in [-0.15, -0.1) is 11.8 Å². The Morgan fingerprint density at radius 1 is 1.56 bits per heavy atom. The SMILES string of the molecule is CCOC(=O)CSC1NC(=O)C=C(OC)N1. The fourth-order valence-corrected chi connectivity index (χ4v) is 1.84. The van der Waals surface area contributed by atoms with Crippen molar-refractivity contribution in [3.8, 4) is 0 Å². The average molecular weight is 246 g/mol. The molecule has 0 aliphatic carbocycles. The Labute approximate surface area is 97.7 Å². The minimum atomic E-state index is -0.378. The van der Waals surface area contributed by atoms with Gasteiger partial charge in [0.15, 0.2) is 11.4 Å². The van der Waals surface area contributed by atoms with E-state index >= 15 is 0 Å². The number of rotatable bonds is 5. The maximum absolute atomic E-state index is 11.2. The maximum Gasteiger partial charge on any atom is 0.316 e. The molecule has 2 N–H and O–H groups in total. The predicted molar refractivity (Wildman–Crippen MR) is 59.2 cm³/mol. The molecule has 1 unspecified atom stereocenters. The van der Waals surface area contributed by atoms with Gasteiger partial charge in [-0.3, -0.25) is 9.59 Å². The predicted octanol–water partition coefficient (Wildman–Crippen LogP) is -0.227. The summed E-state index contributed by atoms with van der Waals surface area (Å²) in [4.78, 5) is 22.3. The van der Waals surface area contributed by atoms with Crippen molar-refractivity contribution in [2.24, 2.45) is 0 Å². The van der Waals surface area contributed by atoms with Crippen LogP contribution in [0.3, 0.4) is 0 Å². The number of hydrogen-bond donors (Lipinski definition) is 2. The molecule has 0 aromatic heterocycles. The second-order valence-electron chi connectivity index (χ2n) is 2.86. The Balaban J connectivity index is 2.36. The van der Waals surface area contributed by atoms with Crippen LogP contribution in [0.1, 0.15) is 6.92 Å². The van der Waals surface area contributed by atoms with Crippen molar-refractivity contribution in [2.45, 2.75) is 12.4 Å². The second-order valence-corrected chi connectivity index (χ2v) is 3.96.